The van der Waals surface area contributed by atoms with E-state index in [0.29, 0.717) is 0 Å². The molecule has 0 atom stereocenters. The topological polar surface area (TPSA) is 52.0 Å². The molecule has 4 N–H and O–H groups in total. The molecule has 0 spiro atoms. The predicted molar refractivity (Wildman–Crippen MR) is 131 cm³/mol. The molecule has 0 saturated carbocycles. The van der Waals surface area contributed by atoms with Gasteiger partial charge in [-0.3, -0.25) is 0 Å². The van der Waals surface area contributed by atoms with Crippen LogP contribution in [0.15, 0.2) is 97.1 Å². The standard InChI is InChI=1S/C28H20N2/c29-20-13-10-18-11-14-24-22(6-3-7-23(24)26(18)16-20)25-15-12-19-9-8-17-4-1-2-5-21(17)27(19)28(25)30/h1-16H,29-30H2. The van der Waals surface area contributed by atoms with Gasteiger partial charge >= 0.3 is 0 Å². The average Bonchev–Trinajstić information content (AvgIpc) is 2.78. The van der Waals surface area contributed by atoms with Gasteiger partial charge in [-0.1, -0.05) is 84.9 Å². The van der Waals surface area contributed by atoms with Gasteiger partial charge in [0.2, 0.25) is 0 Å². The summed E-state index contributed by atoms with van der Waals surface area (Å²) in [7, 11) is 0. The molecular formula is C28H20N2. The largest absolute Gasteiger partial charge is 0.399 e. The summed E-state index contributed by atoms with van der Waals surface area (Å²) in [6, 6.07) is 33.9. The van der Waals surface area contributed by atoms with Gasteiger partial charge in [0.25, 0.3) is 0 Å². The van der Waals surface area contributed by atoms with Gasteiger partial charge in [0, 0.05) is 22.3 Å². The van der Waals surface area contributed by atoms with Gasteiger partial charge in [0.05, 0.1) is 0 Å². The van der Waals surface area contributed by atoms with Gasteiger partial charge in [-0.05, 0) is 55.4 Å². The molecule has 0 unspecified atom stereocenters. The Balaban J connectivity index is 1.71. The quantitative estimate of drug-likeness (QED) is 0.234. The minimum Gasteiger partial charge on any atom is -0.399 e. The lowest BCUT2D eigenvalue weighted by Crippen LogP contribution is -1.94. The van der Waals surface area contributed by atoms with Crippen LogP contribution in [0.4, 0.5) is 11.4 Å². The van der Waals surface area contributed by atoms with Crippen LogP contribution >= 0.6 is 0 Å². The lowest BCUT2D eigenvalue weighted by Gasteiger charge is -2.15. The summed E-state index contributed by atoms with van der Waals surface area (Å²) in [4.78, 5) is 0. The molecule has 2 heteroatoms. The second-order valence-electron chi connectivity index (χ2n) is 7.86. The van der Waals surface area contributed by atoms with E-state index < -0.39 is 0 Å². The molecule has 0 bridgehead atoms. The first-order chi connectivity index (χ1) is 14.7. The van der Waals surface area contributed by atoms with Crippen molar-refractivity contribution >= 4 is 54.5 Å². The van der Waals surface area contributed by atoms with Crippen molar-refractivity contribution in [1.82, 2.24) is 0 Å². The lowest BCUT2D eigenvalue weighted by atomic mass is 9.91. The van der Waals surface area contributed by atoms with Crippen LogP contribution in [0.2, 0.25) is 0 Å². The maximum absolute atomic E-state index is 6.82. The minimum absolute atomic E-state index is 0.775. The first kappa shape index (κ1) is 16.9. The zero-order chi connectivity index (χ0) is 20.2. The van der Waals surface area contributed by atoms with Crippen molar-refractivity contribution in [1.29, 1.82) is 0 Å². The highest BCUT2D eigenvalue weighted by molar-refractivity contribution is 6.19. The monoisotopic (exact) mass is 384 g/mol. The summed E-state index contributed by atoms with van der Waals surface area (Å²) in [6.45, 7) is 0. The van der Waals surface area contributed by atoms with Gasteiger partial charge in [0.1, 0.15) is 0 Å². The Morgan fingerprint density at radius 1 is 0.433 bits per heavy atom. The molecule has 142 valence electrons. The van der Waals surface area contributed by atoms with Gasteiger partial charge in [-0.2, -0.15) is 0 Å². The van der Waals surface area contributed by atoms with E-state index in [1.54, 1.807) is 0 Å². The minimum atomic E-state index is 0.775. The summed E-state index contributed by atoms with van der Waals surface area (Å²) >= 11 is 0. The molecule has 6 rings (SSSR count). The summed E-state index contributed by atoms with van der Waals surface area (Å²) in [6.07, 6.45) is 0. The zero-order valence-corrected chi connectivity index (χ0v) is 16.4. The Morgan fingerprint density at radius 3 is 2.07 bits per heavy atom. The zero-order valence-electron chi connectivity index (χ0n) is 16.4. The Kier molecular flexibility index (Phi) is 3.50. The third-order valence-corrected chi connectivity index (χ3v) is 6.14. The number of rotatable bonds is 1. The van der Waals surface area contributed by atoms with E-state index in [4.69, 9.17) is 11.5 Å². The first-order valence-electron chi connectivity index (χ1n) is 10.1. The van der Waals surface area contributed by atoms with Gasteiger partial charge in [-0.25, -0.2) is 0 Å². The van der Waals surface area contributed by atoms with Gasteiger partial charge < -0.3 is 11.5 Å². The summed E-state index contributed by atoms with van der Waals surface area (Å²) < 4.78 is 0. The van der Waals surface area contributed by atoms with Crippen LogP contribution in [0.3, 0.4) is 0 Å². The summed E-state index contributed by atoms with van der Waals surface area (Å²) in [5.74, 6) is 0. The molecule has 0 saturated heterocycles. The van der Waals surface area contributed by atoms with Gasteiger partial charge in [-0.15, -0.1) is 0 Å². The number of anilines is 2. The number of benzene rings is 6. The third-order valence-electron chi connectivity index (χ3n) is 6.14. The lowest BCUT2D eigenvalue weighted by molar-refractivity contribution is 1.68. The van der Waals surface area contributed by atoms with Crippen molar-refractivity contribution in [3.05, 3.63) is 97.1 Å². The van der Waals surface area contributed by atoms with Crippen LogP contribution in [0.1, 0.15) is 0 Å². The molecule has 0 aliphatic carbocycles. The number of nitrogen functional groups attached to an aromatic ring is 2. The Hall–Kier alpha value is -4.04. The summed E-state index contributed by atoms with van der Waals surface area (Å²) in [5.41, 5.74) is 16.7. The number of nitrogens with two attached hydrogens (primary N) is 2. The van der Waals surface area contributed by atoms with Crippen molar-refractivity contribution in [2.45, 2.75) is 0 Å². The van der Waals surface area contributed by atoms with Crippen LogP contribution < -0.4 is 11.5 Å². The highest BCUT2D eigenvalue weighted by Gasteiger charge is 2.13. The van der Waals surface area contributed by atoms with Crippen LogP contribution in [-0.2, 0) is 0 Å². The van der Waals surface area contributed by atoms with E-state index in [-0.39, 0.29) is 0 Å². The smallest absolute Gasteiger partial charge is 0.0479 e. The van der Waals surface area contributed by atoms with Crippen LogP contribution in [0.5, 0.6) is 0 Å². The summed E-state index contributed by atoms with van der Waals surface area (Å²) in [5, 5.41) is 9.39. The van der Waals surface area contributed by atoms with Crippen LogP contribution in [0.25, 0.3) is 54.2 Å². The second-order valence-corrected chi connectivity index (χ2v) is 7.86. The highest BCUT2D eigenvalue weighted by atomic mass is 14.6. The molecule has 6 aromatic carbocycles. The second kappa shape index (κ2) is 6.23. The normalized spacial score (nSPS) is 11.6. The predicted octanol–water partition coefficient (Wildman–Crippen LogP) is 7.13. The van der Waals surface area contributed by atoms with Crippen molar-refractivity contribution in [3.8, 4) is 11.1 Å². The van der Waals surface area contributed by atoms with E-state index in [1.807, 2.05) is 6.07 Å². The average molecular weight is 384 g/mol. The molecular weight excluding hydrogens is 364 g/mol. The maximum Gasteiger partial charge on any atom is 0.0479 e. The fraction of sp³-hybridized carbons (Fsp3) is 0. The van der Waals surface area contributed by atoms with E-state index in [1.165, 1.54) is 32.3 Å². The van der Waals surface area contributed by atoms with Gasteiger partial charge in [0.15, 0.2) is 0 Å². The first-order valence-corrected chi connectivity index (χ1v) is 10.1. The Morgan fingerprint density at radius 2 is 1.13 bits per heavy atom. The molecule has 0 radical (unpaired) electrons. The fourth-order valence-electron chi connectivity index (χ4n) is 4.70. The molecule has 30 heavy (non-hydrogen) atoms. The number of hydrogen-bond donors (Lipinski definition) is 2. The number of fused-ring (bicyclic) bond motifs is 6. The van der Waals surface area contributed by atoms with Crippen molar-refractivity contribution in [2.24, 2.45) is 0 Å². The third kappa shape index (κ3) is 2.37. The molecule has 6 aromatic rings. The van der Waals surface area contributed by atoms with E-state index >= 15 is 0 Å². The Bertz CT molecular complexity index is 1610. The Labute approximate surface area is 174 Å². The van der Waals surface area contributed by atoms with Crippen molar-refractivity contribution in [3.63, 3.8) is 0 Å². The fourth-order valence-corrected chi connectivity index (χ4v) is 4.70. The SMILES string of the molecule is Nc1ccc2ccc3c(-c4ccc5ccc6ccccc6c5c4N)cccc3c2c1. The van der Waals surface area contributed by atoms with Crippen LogP contribution in [0, 0.1) is 0 Å². The molecule has 0 aliphatic heterocycles. The molecule has 2 nitrogen and oxygen atoms in total. The van der Waals surface area contributed by atoms with E-state index in [0.717, 1.165) is 33.3 Å². The van der Waals surface area contributed by atoms with E-state index in [9.17, 15) is 0 Å². The molecule has 0 aromatic heterocycles. The van der Waals surface area contributed by atoms with Crippen molar-refractivity contribution < 1.29 is 0 Å². The molecule has 0 amide bonds. The molecule has 0 fully saturated rings. The molecule has 0 heterocycles. The van der Waals surface area contributed by atoms with Crippen molar-refractivity contribution in [2.75, 3.05) is 11.5 Å². The van der Waals surface area contributed by atoms with Crippen LogP contribution in [-0.4, -0.2) is 0 Å². The number of hydrogen-bond acceptors (Lipinski definition) is 2. The maximum atomic E-state index is 6.82. The highest BCUT2D eigenvalue weighted by Crippen LogP contribution is 2.40. The molecule has 0 aliphatic rings. The van der Waals surface area contributed by atoms with E-state index in [2.05, 4.69) is 91.0 Å².